The van der Waals surface area contributed by atoms with Gasteiger partial charge in [0, 0.05) is 13.1 Å². The molecule has 1 aliphatic rings. The standard InChI is InChI=1S/C22H27FN2O4S/c1-16-11-13-25(14-12-16)30(27,28)21-9-7-20(8-10-21)29-15-22(26)24-17(2)18-3-5-19(23)6-4-18/h3-10,16-17H,11-15H2,1-2H3,(H,24,26). The number of halogens is 1. The quantitative estimate of drug-likeness (QED) is 0.724. The number of carbonyl (C=O) groups is 1. The molecule has 8 heteroatoms. The number of ether oxygens (including phenoxy) is 1. The summed E-state index contributed by atoms with van der Waals surface area (Å²) in [4.78, 5) is 12.3. The van der Waals surface area contributed by atoms with Crippen molar-refractivity contribution in [1.29, 1.82) is 0 Å². The summed E-state index contributed by atoms with van der Waals surface area (Å²) in [5.41, 5.74) is 0.784. The van der Waals surface area contributed by atoms with Crippen LogP contribution < -0.4 is 10.1 Å². The number of piperidine rings is 1. The van der Waals surface area contributed by atoms with E-state index in [0.29, 0.717) is 24.8 Å². The Morgan fingerprint density at radius 1 is 1.13 bits per heavy atom. The van der Waals surface area contributed by atoms with E-state index in [9.17, 15) is 17.6 Å². The lowest BCUT2D eigenvalue weighted by Crippen LogP contribution is -2.37. The monoisotopic (exact) mass is 434 g/mol. The fourth-order valence-electron chi connectivity index (χ4n) is 3.35. The summed E-state index contributed by atoms with van der Waals surface area (Å²) in [6.45, 7) is 4.79. The summed E-state index contributed by atoms with van der Waals surface area (Å²) >= 11 is 0. The fraction of sp³-hybridized carbons (Fsp3) is 0.409. The molecule has 1 unspecified atom stereocenters. The Morgan fingerprint density at radius 2 is 1.73 bits per heavy atom. The first-order valence-corrected chi connectivity index (χ1v) is 11.5. The van der Waals surface area contributed by atoms with Crippen LogP contribution in [0.15, 0.2) is 53.4 Å². The molecule has 1 heterocycles. The molecule has 1 aliphatic heterocycles. The highest BCUT2D eigenvalue weighted by molar-refractivity contribution is 7.89. The Labute approximate surface area is 177 Å². The number of hydrogen-bond acceptors (Lipinski definition) is 4. The van der Waals surface area contributed by atoms with Gasteiger partial charge in [0.2, 0.25) is 10.0 Å². The predicted molar refractivity (Wildman–Crippen MR) is 112 cm³/mol. The third-order valence-electron chi connectivity index (χ3n) is 5.32. The summed E-state index contributed by atoms with van der Waals surface area (Å²) in [7, 11) is -3.51. The summed E-state index contributed by atoms with van der Waals surface area (Å²) < 4.78 is 45.5. The predicted octanol–water partition coefficient (Wildman–Crippen LogP) is 3.50. The van der Waals surface area contributed by atoms with Crippen LogP contribution in [0.5, 0.6) is 5.75 Å². The molecule has 0 spiro atoms. The molecular formula is C22H27FN2O4S. The highest BCUT2D eigenvalue weighted by atomic mass is 32.2. The number of sulfonamides is 1. The molecule has 30 heavy (non-hydrogen) atoms. The van der Waals surface area contributed by atoms with Gasteiger partial charge in [0.25, 0.3) is 5.91 Å². The molecule has 1 saturated heterocycles. The number of nitrogens with zero attached hydrogens (tertiary/aromatic N) is 1. The van der Waals surface area contributed by atoms with Crippen molar-refractivity contribution < 1.29 is 22.3 Å². The molecule has 3 rings (SSSR count). The Morgan fingerprint density at radius 3 is 2.33 bits per heavy atom. The van der Waals surface area contributed by atoms with Gasteiger partial charge in [-0.05, 0) is 67.6 Å². The summed E-state index contributed by atoms with van der Waals surface area (Å²) in [6.07, 6.45) is 1.73. The molecule has 6 nitrogen and oxygen atoms in total. The highest BCUT2D eigenvalue weighted by Crippen LogP contribution is 2.24. The lowest BCUT2D eigenvalue weighted by Gasteiger charge is -2.29. The Balaban J connectivity index is 1.53. The molecule has 1 atom stereocenters. The minimum Gasteiger partial charge on any atom is -0.484 e. The third-order valence-corrected chi connectivity index (χ3v) is 7.23. The molecule has 0 saturated carbocycles. The molecular weight excluding hydrogens is 407 g/mol. The Hall–Kier alpha value is -2.45. The lowest BCUT2D eigenvalue weighted by molar-refractivity contribution is -0.123. The summed E-state index contributed by atoms with van der Waals surface area (Å²) in [5, 5.41) is 2.78. The van der Waals surface area contributed by atoms with E-state index in [1.807, 2.05) is 0 Å². The van der Waals surface area contributed by atoms with Gasteiger partial charge in [-0.25, -0.2) is 12.8 Å². The number of nitrogens with one attached hydrogen (secondary N) is 1. The number of carbonyl (C=O) groups excluding carboxylic acids is 1. The van der Waals surface area contributed by atoms with Crippen molar-refractivity contribution in [2.24, 2.45) is 5.92 Å². The first-order chi connectivity index (χ1) is 14.3. The number of hydrogen-bond donors (Lipinski definition) is 1. The summed E-state index contributed by atoms with van der Waals surface area (Å²) in [5.74, 6) is 0.293. The van der Waals surface area contributed by atoms with E-state index in [2.05, 4.69) is 12.2 Å². The second kappa shape index (κ2) is 9.57. The fourth-order valence-corrected chi connectivity index (χ4v) is 4.82. The van der Waals surface area contributed by atoms with Crippen molar-refractivity contribution in [3.8, 4) is 5.75 Å². The van der Waals surface area contributed by atoms with Crippen molar-refractivity contribution in [2.45, 2.75) is 37.6 Å². The maximum atomic E-state index is 13.0. The molecule has 2 aromatic carbocycles. The van der Waals surface area contributed by atoms with Crippen LogP contribution in [0.2, 0.25) is 0 Å². The van der Waals surface area contributed by atoms with E-state index in [4.69, 9.17) is 4.74 Å². The first kappa shape index (κ1) is 22.2. The zero-order chi connectivity index (χ0) is 21.7. The van der Waals surface area contributed by atoms with Crippen LogP contribution in [0.1, 0.15) is 38.3 Å². The van der Waals surface area contributed by atoms with Crippen molar-refractivity contribution in [1.82, 2.24) is 9.62 Å². The van der Waals surface area contributed by atoms with Crippen molar-refractivity contribution in [3.05, 3.63) is 59.9 Å². The van der Waals surface area contributed by atoms with Gasteiger partial charge in [-0.3, -0.25) is 4.79 Å². The van der Waals surface area contributed by atoms with E-state index in [-0.39, 0.29) is 29.3 Å². The van der Waals surface area contributed by atoms with E-state index in [1.165, 1.54) is 28.6 Å². The van der Waals surface area contributed by atoms with Gasteiger partial charge in [0.05, 0.1) is 10.9 Å². The number of amides is 1. The number of rotatable bonds is 7. The minimum absolute atomic E-state index is 0.207. The highest BCUT2D eigenvalue weighted by Gasteiger charge is 2.27. The van der Waals surface area contributed by atoms with E-state index in [0.717, 1.165) is 18.4 Å². The van der Waals surface area contributed by atoms with Gasteiger partial charge in [0.1, 0.15) is 11.6 Å². The third kappa shape index (κ3) is 5.58. The summed E-state index contributed by atoms with van der Waals surface area (Å²) in [6, 6.07) is 11.7. The molecule has 162 valence electrons. The van der Waals surface area contributed by atoms with Gasteiger partial charge in [-0.15, -0.1) is 0 Å². The zero-order valence-corrected chi connectivity index (χ0v) is 18.0. The zero-order valence-electron chi connectivity index (χ0n) is 17.2. The average Bonchev–Trinajstić information content (AvgIpc) is 2.73. The molecule has 1 amide bonds. The second-order valence-corrected chi connectivity index (χ2v) is 9.63. The Kier molecular flexibility index (Phi) is 7.10. The largest absolute Gasteiger partial charge is 0.484 e. The van der Waals surface area contributed by atoms with Gasteiger partial charge < -0.3 is 10.1 Å². The lowest BCUT2D eigenvalue weighted by atomic mass is 10.0. The molecule has 1 fully saturated rings. The van der Waals surface area contributed by atoms with Crippen LogP contribution in [0.4, 0.5) is 4.39 Å². The second-order valence-electron chi connectivity index (χ2n) is 7.69. The average molecular weight is 435 g/mol. The van der Waals surface area contributed by atoms with E-state index < -0.39 is 10.0 Å². The van der Waals surface area contributed by atoms with Crippen LogP contribution in [0, 0.1) is 11.7 Å². The minimum atomic E-state index is -3.51. The molecule has 0 aliphatic carbocycles. The van der Waals surface area contributed by atoms with Gasteiger partial charge in [-0.2, -0.15) is 4.31 Å². The van der Waals surface area contributed by atoms with E-state index >= 15 is 0 Å². The topological polar surface area (TPSA) is 75.7 Å². The van der Waals surface area contributed by atoms with Crippen LogP contribution in [0.3, 0.4) is 0 Å². The van der Waals surface area contributed by atoms with Crippen LogP contribution >= 0.6 is 0 Å². The van der Waals surface area contributed by atoms with Gasteiger partial charge >= 0.3 is 0 Å². The van der Waals surface area contributed by atoms with Gasteiger partial charge in [-0.1, -0.05) is 19.1 Å². The normalized spacial score (nSPS) is 16.8. The smallest absolute Gasteiger partial charge is 0.258 e. The molecule has 0 bridgehead atoms. The Bertz CT molecular complexity index is 954. The van der Waals surface area contributed by atoms with Crippen molar-refractivity contribution in [2.75, 3.05) is 19.7 Å². The van der Waals surface area contributed by atoms with Crippen LogP contribution in [-0.2, 0) is 14.8 Å². The van der Waals surface area contributed by atoms with Crippen molar-refractivity contribution >= 4 is 15.9 Å². The van der Waals surface area contributed by atoms with Crippen molar-refractivity contribution in [3.63, 3.8) is 0 Å². The molecule has 2 aromatic rings. The molecule has 1 N–H and O–H groups in total. The van der Waals surface area contributed by atoms with Crippen LogP contribution in [-0.4, -0.2) is 38.3 Å². The molecule has 0 aromatic heterocycles. The SMILES string of the molecule is CC1CCN(S(=O)(=O)c2ccc(OCC(=O)NC(C)c3ccc(F)cc3)cc2)CC1. The van der Waals surface area contributed by atoms with E-state index in [1.54, 1.807) is 31.2 Å². The number of benzene rings is 2. The van der Waals surface area contributed by atoms with Crippen LogP contribution in [0.25, 0.3) is 0 Å². The molecule has 0 radical (unpaired) electrons. The van der Waals surface area contributed by atoms with Gasteiger partial charge in [0.15, 0.2) is 6.61 Å². The first-order valence-electron chi connectivity index (χ1n) is 10.0. The maximum absolute atomic E-state index is 13.0. The maximum Gasteiger partial charge on any atom is 0.258 e.